The van der Waals surface area contributed by atoms with Crippen LogP contribution in [0.4, 0.5) is 11.6 Å². The minimum absolute atomic E-state index is 0.401. The van der Waals surface area contributed by atoms with Crippen LogP contribution >= 0.6 is 0 Å². The Labute approximate surface area is 96.4 Å². The van der Waals surface area contributed by atoms with Crippen molar-refractivity contribution in [3.63, 3.8) is 0 Å². The van der Waals surface area contributed by atoms with Gasteiger partial charge in [0, 0.05) is 19.2 Å². The Morgan fingerprint density at radius 3 is 2.81 bits per heavy atom. The summed E-state index contributed by atoms with van der Waals surface area (Å²) in [5.74, 6) is 2.41. The fourth-order valence-electron chi connectivity index (χ4n) is 1.17. The molecule has 3 N–H and O–H groups in total. The van der Waals surface area contributed by atoms with Crippen LogP contribution in [0, 0.1) is 5.92 Å². The maximum absolute atomic E-state index is 5.69. The number of rotatable bonds is 6. The standard InChI is InChI=1S/C11H20N4O/c1-4-16-7-11-14-9(12)5-10(15-11)13-6-8(2)3/h5,8H,4,6-7H2,1-3H3,(H3,12,13,14,15). The average molecular weight is 224 g/mol. The molecular formula is C11H20N4O. The zero-order valence-electron chi connectivity index (χ0n) is 10.2. The maximum atomic E-state index is 5.69. The highest BCUT2D eigenvalue weighted by Crippen LogP contribution is 2.09. The zero-order chi connectivity index (χ0) is 12.0. The number of nitrogen functional groups attached to an aromatic ring is 1. The van der Waals surface area contributed by atoms with Crippen LogP contribution in [0.3, 0.4) is 0 Å². The lowest BCUT2D eigenvalue weighted by atomic mass is 10.2. The van der Waals surface area contributed by atoms with Gasteiger partial charge in [0.1, 0.15) is 18.2 Å². The van der Waals surface area contributed by atoms with Crippen molar-refractivity contribution in [1.29, 1.82) is 0 Å². The second-order valence-electron chi connectivity index (χ2n) is 4.01. The van der Waals surface area contributed by atoms with Crippen LogP contribution in [-0.2, 0) is 11.3 Å². The molecule has 0 unspecified atom stereocenters. The minimum Gasteiger partial charge on any atom is -0.384 e. The zero-order valence-corrected chi connectivity index (χ0v) is 10.2. The van der Waals surface area contributed by atoms with Crippen molar-refractivity contribution in [2.75, 3.05) is 24.2 Å². The molecule has 0 aliphatic heterocycles. The Bertz CT molecular complexity index is 328. The first-order valence-electron chi connectivity index (χ1n) is 5.56. The van der Waals surface area contributed by atoms with Gasteiger partial charge >= 0.3 is 0 Å². The van der Waals surface area contributed by atoms with E-state index in [1.165, 1.54) is 0 Å². The van der Waals surface area contributed by atoms with Gasteiger partial charge in [0.05, 0.1) is 0 Å². The van der Waals surface area contributed by atoms with Crippen LogP contribution in [0.15, 0.2) is 6.07 Å². The molecule has 1 heterocycles. The van der Waals surface area contributed by atoms with Gasteiger partial charge in [-0.15, -0.1) is 0 Å². The number of hydrogen-bond donors (Lipinski definition) is 2. The molecule has 0 saturated heterocycles. The monoisotopic (exact) mass is 224 g/mol. The van der Waals surface area contributed by atoms with E-state index in [4.69, 9.17) is 10.5 Å². The van der Waals surface area contributed by atoms with E-state index in [0.717, 1.165) is 12.4 Å². The van der Waals surface area contributed by atoms with E-state index in [-0.39, 0.29) is 0 Å². The van der Waals surface area contributed by atoms with Gasteiger partial charge in [0.15, 0.2) is 5.82 Å². The van der Waals surface area contributed by atoms with Crippen LogP contribution in [0.5, 0.6) is 0 Å². The molecule has 1 rings (SSSR count). The highest BCUT2D eigenvalue weighted by molar-refractivity contribution is 5.44. The molecule has 0 aromatic carbocycles. The molecule has 1 aromatic heterocycles. The van der Waals surface area contributed by atoms with Gasteiger partial charge in [0.25, 0.3) is 0 Å². The van der Waals surface area contributed by atoms with Gasteiger partial charge < -0.3 is 15.8 Å². The average Bonchev–Trinajstić information content (AvgIpc) is 2.23. The smallest absolute Gasteiger partial charge is 0.158 e. The molecule has 0 saturated carbocycles. The van der Waals surface area contributed by atoms with Crippen molar-refractivity contribution >= 4 is 11.6 Å². The molecule has 0 spiro atoms. The Morgan fingerprint density at radius 2 is 2.19 bits per heavy atom. The molecule has 0 radical (unpaired) electrons. The van der Waals surface area contributed by atoms with Crippen LogP contribution in [0.1, 0.15) is 26.6 Å². The second-order valence-corrected chi connectivity index (χ2v) is 4.01. The largest absolute Gasteiger partial charge is 0.384 e. The lowest BCUT2D eigenvalue weighted by Crippen LogP contribution is -2.12. The molecule has 1 aromatic rings. The molecule has 0 amide bonds. The van der Waals surface area contributed by atoms with Crippen molar-refractivity contribution in [3.05, 3.63) is 11.9 Å². The SMILES string of the molecule is CCOCc1nc(N)cc(NCC(C)C)n1. The third-order valence-corrected chi connectivity index (χ3v) is 1.92. The number of ether oxygens (including phenoxy) is 1. The van der Waals surface area contributed by atoms with Gasteiger partial charge in [-0.2, -0.15) is 0 Å². The summed E-state index contributed by atoms with van der Waals surface area (Å²) in [6, 6.07) is 1.73. The molecule has 0 atom stereocenters. The highest BCUT2D eigenvalue weighted by atomic mass is 16.5. The summed E-state index contributed by atoms with van der Waals surface area (Å²) in [7, 11) is 0. The van der Waals surface area contributed by atoms with E-state index < -0.39 is 0 Å². The van der Waals surface area contributed by atoms with Crippen LogP contribution < -0.4 is 11.1 Å². The number of nitrogens with one attached hydrogen (secondary N) is 1. The van der Waals surface area contributed by atoms with E-state index >= 15 is 0 Å². The molecule has 5 heteroatoms. The van der Waals surface area contributed by atoms with E-state index in [0.29, 0.717) is 30.8 Å². The summed E-state index contributed by atoms with van der Waals surface area (Å²) >= 11 is 0. The van der Waals surface area contributed by atoms with Gasteiger partial charge in [0.2, 0.25) is 0 Å². The van der Waals surface area contributed by atoms with Crippen molar-refractivity contribution in [3.8, 4) is 0 Å². The number of nitrogens with two attached hydrogens (primary N) is 1. The van der Waals surface area contributed by atoms with E-state index in [9.17, 15) is 0 Å². The van der Waals surface area contributed by atoms with Crippen LogP contribution in [0.2, 0.25) is 0 Å². The van der Waals surface area contributed by atoms with E-state index in [1.54, 1.807) is 6.07 Å². The highest BCUT2D eigenvalue weighted by Gasteiger charge is 2.03. The number of aromatic nitrogens is 2. The van der Waals surface area contributed by atoms with E-state index in [2.05, 4.69) is 29.1 Å². The first-order valence-corrected chi connectivity index (χ1v) is 5.56. The molecule has 5 nitrogen and oxygen atoms in total. The third-order valence-electron chi connectivity index (χ3n) is 1.92. The Hall–Kier alpha value is -1.36. The third kappa shape index (κ3) is 4.44. The molecule has 0 bridgehead atoms. The first kappa shape index (κ1) is 12.7. The molecular weight excluding hydrogens is 204 g/mol. The van der Waals surface area contributed by atoms with Crippen molar-refractivity contribution in [2.24, 2.45) is 5.92 Å². The quantitative estimate of drug-likeness (QED) is 0.768. The number of anilines is 2. The predicted octanol–water partition coefficient (Wildman–Crippen LogP) is 1.66. The molecule has 16 heavy (non-hydrogen) atoms. The van der Waals surface area contributed by atoms with Crippen molar-refractivity contribution in [2.45, 2.75) is 27.4 Å². The Kier molecular flexibility index (Phi) is 4.98. The maximum Gasteiger partial charge on any atom is 0.158 e. The summed E-state index contributed by atoms with van der Waals surface area (Å²) in [6.07, 6.45) is 0. The second kappa shape index (κ2) is 6.27. The normalized spacial score (nSPS) is 10.8. The first-order chi connectivity index (χ1) is 7.61. The van der Waals surface area contributed by atoms with Crippen molar-refractivity contribution < 1.29 is 4.74 Å². The summed E-state index contributed by atoms with van der Waals surface area (Å²) in [5, 5.41) is 3.22. The van der Waals surface area contributed by atoms with Gasteiger partial charge in [-0.25, -0.2) is 9.97 Å². The molecule has 0 aliphatic carbocycles. The van der Waals surface area contributed by atoms with Crippen LogP contribution in [0.25, 0.3) is 0 Å². The Morgan fingerprint density at radius 1 is 1.44 bits per heavy atom. The molecule has 90 valence electrons. The molecule has 0 fully saturated rings. The fraction of sp³-hybridized carbons (Fsp3) is 0.636. The summed E-state index contributed by atoms with van der Waals surface area (Å²) < 4.78 is 5.25. The van der Waals surface area contributed by atoms with Gasteiger partial charge in [-0.3, -0.25) is 0 Å². The molecule has 0 aliphatic rings. The van der Waals surface area contributed by atoms with Gasteiger partial charge in [-0.05, 0) is 12.8 Å². The predicted molar refractivity (Wildman–Crippen MR) is 65.1 cm³/mol. The minimum atomic E-state index is 0.401. The van der Waals surface area contributed by atoms with E-state index in [1.807, 2.05) is 6.92 Å². The fourth-order valence-corrected chi connectivity index (χ4v) is 1.17. The summed E-state index contributed by atoms with van der Waals surface area (Å²) in [4.78, 5) is 8.42. The van der Waals surface area contributed by atoms with Crippen molar-refractivity contribution in [1.82, 2.24) is 9.97 Å². The lowest BCUT2D eigenvalue weighted by molar-refractivity contribution is 0.128. The summed E-state index contributed by atoms with van der Waals surface area (Å²) in [6.45, 7) is 8.12. The lowest BCUT2D eigenvalue weighted by Gasteiger charge is -2.10. The number of nitrogens with zero attached hydrogens (tertiary/aromatic N) is 2. The Balaban J connectivity index is 2.65. The summed E-state index contributed by atoms with van der Waals surface area (Å²) in [5.41, 5.74) is 5.69. The van der Waals surface area contributed by atoms with Crippen LogP contribution in [-0.4, -0.2) is 23.1 Å². The number of hydrogen-bond acceptors (Lipinski definition) is 5. The topological polar surface area (TPSA) is 73.1 Å². The van der Waals surface area contributed by atoms with Gasteiger partial charge in [-0.1, -0.05) is 13.8 Å².